The fourth-order valence-corrected chi connectivity index (χ4v) is 3.17. The second-order valence-corrected chi connectivity index (χ2v) is 7.18. The lowest BCUT2D eigenvalue weighted by Crippen LogP contribution is -2.15. The maximum Gasteiger partial charge on any atom is 0.344 e. The van der Waals surface area contributed by atoms with Gasteiger partial charge in [-0.3, -0.25) is 9.78 Å². The van der Waals surface area contributed by atoms with Crippen molar-refractivity contribution >= 4 is 11.8 Å². The minimum Gasteiger partial charge on any atom is -0.482 e. The second kappa shape index (κ2) is 11.2. The summed E-state index contributed by atoms with van der Waals surface area (Å²) < 4.78 is 24.5. The molecule has 6 nitrogen and oxygen atoms in total. The number of aromatic nitrogens is 1. The third kappa shape index (κ3) is 5.98. The van der Waals surface area contributed by atoms with Gasteiger partial charge < -0.3 is 15.2 Å². The highest BCUT2D eigenvalue weighted by molar-refractivity contribution is 5.98. The summed E-state index contributed by atoms with van der Waals surface area (Å²) in [6, 6.07) is 13.9. The Labute approximate surface area is 186 Å². The van der Waals surface area contributed by atoms with Crippen LogP contribution in [0.5, 0.6) is 5.75 Å². The Morgan fingerprint density at radius 2 is 1.94 bits per heavy atom. The lowest BCUT2D eigenvalue weighted by Gasteiger charge is -2.13. The van der Waals surface area contributed by atoms with E-state index in [4.69, 9.17) is 15.2 Å². The summed E-state index contributed by atoms with van der Waals surface area (Å²) >= 11 is 0. The number of halogens is 1. The molecule has 32 heavy (non-hydrogen) atoms. The molecule has 0 aliphatic rings. The number of rotatable bonds is 10. The normalized spacial score (nSPS) is 10.6. The number of carbonyl (C=O) groups is 2. The molecule has 0 radical (unpaired) electrons. The Balaban J connectivity index is 1.82. The van der Waals surface area contributed by atoms with Gasteiger partial charge in [0.25, 0.3) is 0 Å². The summed E-state index contributed by atoms with van der Waals surface area (Å²) in [7, 11) is 0. The molecule has 0 spiro atoms. The SMILES string of the molecule is CCCOC(=O)COc1cccc(-c2cc(C(=O)Cc3ccncc3F)ccc2CN)c1. The predicted molar refractivity (Wildman–Crippen MR) is 119 cm³/mol. The summed E-state index contributed by atoms with van der Waals surface area (Å²) in [6.45, 7) is 2.35. The Morgan fingerprint density at radius 3 is 2.69 bits per heavy atom. The molecule has 2 N–H and O–H groups in total. The number of nitrogens with zero attached hydrogens (tertiary/aromatic N) is 1. The zero-order valence-electron chi connectivity index (χ0n) is 17.8. The van der Waals surface area contributed by atoms with Crippen LogP contribution in [-0.4, -0.2) is 30.0 Å². The van der Waals surface area contributed by atoms with E-state index < -0.39 is 11.8 Å². The number of nitrogens with two attached hydrogens (primary N) is 1. The number of ether oxygens (including phenoxy) is 2. The topological polar surface area (TPSA) is 91.5 Å². The van der Waals surface area contributed by atoms with Crippen molar-refractivity contribution in [2.75, 3.05) is 13.2 Å². The molecule has 2 aromatic carbocycles. The zero-order chi connectivity index (χ0) is 22.9. The molecule has 0 saturated carbocycles. The molecule has 166 valence electrons. The number of hydrogen-bond donors (Lipinski definition) is 1. The van der Waals surface area contributed by atoms with Crippen molar-refractivity contribution in [3.8, 4) is 16.9 Å². The van der Waals surface area contributed by atoms with Crippen molar-refractivity contribution < 1.29 is 23.5 Å². The van der Waals surface area contributed by atoms with E-state index in [9.17, 15) is 14.0 Å². The van der Waals surface area contributed by atoms with Crippen LogP contribution in [0.15, 0.2) is 60.9 Å². The number of ketones is 1. The molecule has 0 bridgehead atoms. The Bertz CT molecular complexity index is 1100. The Kier molecular flexibility index (Phi) is 8.05. The van der Waals surface area contributed by atoms with Crippen molar-refractivity contribution in [3.63, 3.8) is 0 Å². The zero-order valence-corrected chi connectivity index (χ0v) is 17.8. The van der Waals surface area contributed by atoms with Crippen molar-refractivity contribution in [1.29, 1.82) is 0 Å². The molecule has 0 aliphatic carbocycles. The van der Waals surface area contributed by atoms with E-state index in [1.165, 1.54) is 12.3 Å². The maximum atomic E-state index is 13.9. The highest BCUT2D eigenvalue weighted by atomic mass is 19.1. The van der Waals surface area contributed by atoms with Gasteiger partial charge in [-0.05, 0) is 52.9 Å². The predicted octanol–water partition coefficient (Wildman–Crippen LogP) is 4.10. The van der Waals surface area contributed by atoms with Gasteiger partial charge in [0.15, 0.2) is 12.4 Å². The highest BCUT2D eigenvalue weighted by Crippen LogP contribution is 2.29. The molecular weight excluding hydrogens is 411 g/mol. The number of carbonyl (C=O) groups excluding carboxylic acids is 2. The number of pyridine rings is 1. The molecule has 3 rings (SSSR count). The van der Waals surface area contributed by atoms with Crippen LogP contribution in [0.3, 0.4) is 0 Å². The molecule has 0 amide bonds. The monoisotopic (exact) mass is 436 g/mol. The quantitative estimate of drug-likeness (QED) is 0.380. The van der Waals surface area contributed by atoms with E-state index >= 15 is 0 Å². The smallest absolute Gasteiger partial charge is 0.344 e. The first-order chi connectivity index (χ1) is 15.5. The number of Topliss-reactive ketones (excluding diaryl/α,β-unsaturated/α-hetero) is 1. The van der Waals surface area contributed by atoms with E-state index in [2.05, 4.69) is 4.98 Å². The molecule has 7 heteroatoms. The summed E-state index contributed by atoms with van der Waals surface area (Å²) in [5, 5.41) is 0. The highest BCUT2D eigenvalue weighted by Gasteiger charge is 2.14. The van der Waals surface area contributed by atoms with Gasteiger partial charge in [-0.2, -0.15) is 0 Å². The first-order valence-corrected chi connectivity index (χ1v) is 10.3. The van der Waals surface area contributed by atoms with Crippen molar-refractivity contribution in [2.24, 2.45) is 5.73 Å². The van der Waals surface area contributed by atoms with Crippen LogP contribution in [0.25, 0.3) is 11.1 Å². The summed E-state index contributed by atoms with van der Waals surface area (Å²) in [5.74, 6) is -0.668. The molecule has 0 saturated heterocycles. The second-order valence-electron chi connectivity index (χ2n) is 7.18. The lowest BCUT2D eigenvalue weighted by atomic mass is 9.94. The van der Waals surface area contributed by atoms with Crippen LogP contribution in [0.4, 0.5) is 4.39 Å². The van der Waals surface area contributed by atoms with E-state index in [-0.39, 0.29) is 25.4 Å². The van der Waals surface area contributed by atoms with Crippen LogP contribution >= 0.6 is 0 Å². The molecule has 0 atom stereocenters. The molecular formula is C25H25FN2O4. The van der Waals surface area contributed by atoms with Crippen LogP contribution in [0.2, 0.25) is 0 Å². The van der Waals surface area contributed by atoms with Crippen molar-refractivity contribution in [2.45, 2.75) is 26.3 Å². The van der Waals surface area contributed by atoms with Gasteiger partial charge in [-0.25, -0.2) is 9.18 Å². The first kappa shape index (κ1) is 23.1. The maximum absolute atomic E-state index is 13.9. The van der Waals surface area contributed by atoms with Gasteiger partial charge in [0.05, 0.1) is 12.8 Å². The minimum atomic E-state index is -0.512. The largest absolute Gasteiger partial charge is 0.482 e. The van der Waals surface area contributed by atoms with Gasteiger partial charge in [0, 0.05) is 24.7 Å². The van der Waals surface area contributed by atoms with E-state index in [1.54, 1.807) is 36.4 Å². The fourth-order valence-electron chi connectivity index (χ4n) is 3.17. The minimum absolute atomic E-state index is 0.0706. The third-order valence-corrected chi connectivity index (χ3v) is 4.83. The van der Waals surface area contributed by atoms with Gasteiger partial charge >= 0.3 is 5.97 Å². The first-order valence-electron chi connectivity index (χ1n) is 10.3. The molecule has 1 heterocycles. The fraction of sp³-hybridized carbons (Fsp3) is 0.240. The van der Waals surface area contributed by atoms with E-state index in [0.717, 1.165) is 29.3 Å². The van der Waals surface area contributed by atoms with Crippen LogP contribution < -0.4 is 10.5 Å². The van der Waals surface area contributed by atoms with Crippen molar-refractivity contribution in [3.05, 3.63) is 83.4 Å². The summed E-state index contributed by atoms with van der Waals surface area (Å²) in [4.78, 5) is 28.2. The van der Waals surface area contributed by atoms with Gasteiger partial charge in [0.1, 0.15) is 11.6 Å². The number of esters is 1. The summed E-state index contributed by atoms with van der Waals surface area (Å²) in [6.07, 6.45) is 3.22. The van der Waals surface area contributed by atoms with Gasteiger partial charge in [-0.15, -0.1) is 0 Å². The lowest BCUT2D eigenvalue weighted by molar-refractivity contribution is -0.146. The number of hydrogen-bond acceptors (Lipinski definition) is 6. The average molecular weight is 436 g/mol. The van der Waals surface area contributed by atoms with Crippen LogP contribution in [-0.2, 0) is 22.5 Å². The summed E-state index contributed by atoms with van der Waals surface area (Å²) in [5.41, 5.74) is 9.05. The Morgan fingerprint density at radius 1 is 1.09 bits per heavy atom. The average Bonchev–Trinajstić information content (AvgIpc) is 2.82. The van der Waals surface area contributed by atoms with Gasteiger partial charge in [-0.1, -0.05) is 31.2 Å². The van der Waals surface area contributed by atoms with Crippen molar-refractivity contribution in [1.82, 2.24) is 4.98 Å². The molecule has 1 aromatic heterocycles. The van der Waals surface area contributed by atoms with E-state index in [0.29, 0.717) is 23.5 Å². The third-order valence-electron chi connectivity index (χ3n) is 4.83. The van der Waals surface area contributed by atoms with Crippen LogP contribution in [0.1, 0.15) is 34.8 Å². The van der Waals surface area contributed by atoms with Crippen LogP contribution in [0, 0.1) is 5.82 Å². The Hall–Kier alpha value is -3.58. The molecule has 0 fully saturated rings. The molecule has 0 unspecified atom stereocenters. The van der Waals surface area contributed by atoms with E-state index in [1.807, 2.05) is 13.0 Å². The molecule has 3 aromatic rings. The molecule has 0 aliphatic heterocycles. The number of benzene rings is 2. The standard InChI is InChI=1S/C25H25FN2O4/c1-2-10-31-25(30)16-32-21-5-3-4-17(11-21)22-12-19(6-7-20(22)14-27)24(29)13-18-8-9-28-15-23(18)26/h3-9,11-12,15H,2,10,13-14,16,27H2,1H3. The van der Waals surface area contributed by atoms with Gasteiger partial charge in [0.2, 0.25) is 0 Å².